The molecule has 0 heterocycles. The van der Waals surface area contributed by atoms with Crippen LogP contribution >= 0.6 is 0 Å². The molecule has 4 rings (SSSR count). The summed E-state index contributed by atoms with van der Waals surface area (Å²) in [7, 11) is 0. The Labute approximate surface area is 230 Å². The van der Waals surface area contributed by atoms with E-state index in [4.69, 9.17) is 0 Å². The zero-order valence-electron chi connectivity index (χ0n) is 24.4. The summed E-state index contributed by atoms with van der Waals surface area (Å²) in [4.78, 5) is 0. The summed E-state index contributed by atoms with van der Waals surface area (Å²) in [6.07, 6.45) is 30.6. The Balaban J connectivity index is 1.07. The molecule has 3 fully saturated rings. The van der Waals surface area contributed by atoms with E-state index in [1.807, 2.05) is 0 Å². The van der Waals surface area contributed by atoms with Gasteiger partial charge in [0.05, 0.1) is 6.67 Å². The molecule has 1 aromatic rings. The molecule has 210 valence electrons. The number of rotatable bonds is 14. The molecule has 0 atom stereocenters. The maximum absolute atomic E-state index is 12.3. The van der Waals surface area contributed by atoms with Gasteiger partial charge in [0.15, 0.2) is 0 Å². The molecule has 0 aliphatic heterocycles. The quantitative estimate of drug-likeness (QED) is 0.218. The molecule has 0 N–H and O–H groups in total. The number of unbranched alkanes of at least 4 members (excludes halogenated alkanes) is 4. The Bertz CT molecular complexity index is 699. The molecule has 0 radical (unpaired) electrons. The Morgan fingerprint density at radius 2 is 1.11 bits per heavy atom. The average molecular weight is 511 g/mol. The summed E-state index contributed by atoms with van der Waals surface area (Å²) in [5, 5.41) is 0. The average Bonchev–Trinajstić information content (AvgIpc) is 2.96. The first-order valence-corrected chi connectivity index (χ1v) is 16.9. The molecule has 0 aromatic heterocycles. The van der Waals surface area contributed by atoms with Crippen molar-refractivity contribution >= 4 is 0 Å². The molecule has 0 nitrogen and oxygen atoms in total. The molecule has 1 heteroatoms. The molecule has 0 bridgehead atoms. The second-order valence-corrected chi connectivity index (χ2v) is 13.6. The van der Waals surface area contributed by atoms with Crippen molar-refractivity contribution < 1.29 is 4.39 Å². The van der Waals surface area contributed by atoms with E-state index in [2.05, 4.69) is 31.2 Å². The molecule has 3 aliphatic carbocycles. The number of hydrogen-bond donors (Lipinski definition) is 0. The SMILES string of the molecule is CCCCCc1ccc(C2CCC([C@H]3CC[C@H](CC[C@H]4CC[C@H](CCCCCF)CC4)CC3)CC2)cc1. The van der Waals surface area contributed by atoms with Crippen LogP contribution in [-0.2, 0) is 6.42 Å². The van der Waals surface area contributed by atoms with Crippen molar-refractivity contribution in [1.82, 2.24) is 0 Å². The van der Waals surface area contributed by atoms with Crippen molar-refractivity contribution in [2.24, 2.45) is 29.6 Å². The zero-order valence-corrected chi connectivity index (χ0v) is 24.4. The first-order chi connectivity index (χ1) is 18.2. The first kappa shape index (κ1) is 29.1. The topological polar surface area (TPSA) is 0 Å². The normalized spacial score (nSPS) is 30.9. The largest absolute Gasteiger partial charge is 0.251 e. The molecule has 0 saturated heterocycles. The highest BCUT2D eigenvalue weighted by molar-refractivity contribution is 5.26. The third kappa shape index (κ3) is 9.69. The van der Waals surface area contributed by atoms with E-state index in [1.54, 1.807) is 5.56 Å². The Hall–Kier alpha value is -0.850. The second kappa shape index (κ2) is 16.3. The Morgan fingerprint density at radius 1 is 0.568 bits per heavy atom. The lowest BCUT2D eigenvalue weighted by Gasteiger charge is -2.38. The summed E-state index contributed by atoms with van der Waals surface area (Å²) in [6, 6.07) is 9.75. The van der Waals surface area contributed by atoms with Crippen molar-refractivity contribution in [3.63, 3.8) is 0 Å². The van der Waals surface area contributed by atoms with Crippen LogP contribution in [0.5, 0.6) is 0 Å². The van der Waals surface area contributed by atoms with Crippen molar-refractivity contribution in [1.29, 1.82) is 0 Å². The fraction of sp³-hybridized carbons (Fsp3) is 0.833. The summed E-state index contributed by atoms with van der Waals surface area (Å²) in [5.74, 6) is 5.87. The number of aryl methyl sites for hydroxylation is 1. The van der Waals surface area contributed by atoms with Crippen LogP contribution in [0, 0.1) is 29.6 Å². The van der Waals surface area contributed by atoms with Crippen LogP contribution in [0.2, 0.25) is 0 Å². The monoisotopic (exact) mass is 510 g/mol. The van der Waals surface area contributed by atoms with E-state index in [1.165, 1.54) is 134 Å². The van der Waals surface area contributed by atoms with Gasteiger partial charge in [-0.1, -0.05) is 115 Å². The van der Waals surface area contributed by atoms with Crippen LogP contribution in [0.4, 0.5) is 4.39 Å². The maximum Gasteiger partial charge on any atom is 0.0894 e. The molecule has 37 heavy (non-hydrogen) atoms. The summed E-state index contributed by atoms with van der Waals surface area (Å²) in [5.41, 5.74) is 3.16. The smallest absolute Gasteiger partial charge is 0.0894 e. The van der Waals surface area contributed by atoms with Gasteiger partial charge < -0.3 is 0 Å². The number of benzene rings is 1. The predicted octanol–water partition coefficient (Wildman–Crippen LogP) is 11.6. The first-order valence-electron chi connectivity index (χ1n) is 16.9. The number of halogens is 1. The molecule has 0 amide bonds. The van der Waals surface area contributed by atoms with Crippen molar-refractivity contribution in [3.05, 3.63) is 35.4 Å². The van der Waals surface area contributed by atoms with Gasteiger partial charge in [-0.2, -0.15) is 0 Å². The van der Waals surface area contributed by atoms with Crippen LogP contribution in [0.1, 0.15) is 159 Å². The van der Waals surface area contributed by atoms with E-state index in [9.17, 15) is 4.39 Å². The fourth-order valence-corrected chi connectivity index (χ4v) is 8.39. The van der Waals surface area contributed by atoms with E-state index in [0.717, 1.165) is 48.3 Å². The highest BCUT2D eigenvalue weighted by atomic mass is 19.1. The standard InChI is InChI=1S/C36H59F/c1-2-3-5-8-30-16-20-33(21-17-30)35-24-26-36(27-25-35)34-22-18-32(19-23-34)15-14-31-12-10-29(11-13-31)9-6-4-7-28-37/h16-17,20-21,29,31-32,34-36H,2-15,18-19,22-28H2,1H3/t29-,31-,32-,34-,35?,36?. The summed E-state index contributed by atoms with van der Waals surface area (Å²) < 4.78 is 12.3. The van der Waals surface area contributed by atoms with Crippen LogP contribution in [0.15, 0.2) is 24.3 Å². The molecule has 0 unspecified atom stereocenters. The summed E-state index contributed by atoms with van der Waals surface area (Å²) >= 11 is 0. The molecular formula is C36H59F. The van der Waals surface area contributed by atoms with Crippen molar-refractivity contribution in [2.75, 3.05) is 6.67 Å². The van der Waals surface area contributed by atoms with Crippen molar-refractivity contribution in [2.45, 2.75) is 154 Å². The van der Waals surface area contributed by atoms with Gasteiger partial charge in [-0.3, -0.25) is 4.39 Å². The molecular weight excluding hydrogens is 451 g/mol. The van der Waals surface area contributed by atoms with E-state index >= 15 is 0 Å². The lowest BCUT2D eigenvalue weighted by atomic mass is 9.67. The van der Waals surface area contributed by atoms with Gasteiger partial charge >= 0.3 is 0 Å². The van der Waals surface area contributed by atoms with Crippen LogP contribution in [-0.4, -0.2) is 6.67 Å². The van der Waals surface area contributed by atoms with Gasteiger partial charge in [0.2, 0.25) is 0 Å². The van der Waals surface area contributed by atoms with E-state index in [0.29, 0.717) is 0 Å². The van der Waals surface area contributed by atoms with Crippen LogP contribution < -0.4 is 0 Å². The molecule has 3 saturated carbocycles. The van der Waals surface area contributed by atoms with Gasteiger partial charge in [-0.05, 0) is 104 Å². The molecule has 3 aliphatic rings. The molecule has 1 aromatic carbocycles. The van der Waals surface area contributed by atoms with Crippen molar-refractivity contribution in [3.8, 4) is 0 Å². The highest BCUT2D eigenvalue weighted by Gasteiger charge is 2.31. The third-order valence-electron chi connectivity index (χ3n) is 11.0. The van der Waals surface area contributed by atoms with Gasteiger partial charge in [0, 0.05) is 0 Å². The minimum atomic E-state index is -0.121. The predicted molar refractivity (Wildman–Crippen MR) is 159 cm³/mol. The van der Waals surface area contributed by atoms with Gasteiger partial charge in [-0.15, -0.1) is 0 Å². The lowest BCUT2D eigenvalue weighted by Crippen LogP contribution is -2.25. The highest BCUT2D eigenvalue weighted by Crippen LogP contribution is 2.45. The van der Waals surface area contributed by atoms with Gasteiger partial charge in [-0.25, -0.2) is 0 Å². The minimum Gasteiger partial charge on any atom is -0.251 e. The minimum absolute atomic E-state index is 0.121. The van der Waals surface area contributed by atoms with Crippen LogP contribution in [0.3, 0.4) is 0 Å². The van der Waals surface area contributed by atoms with Gasteiger partial charge in [0.25, 0.3) is 0 Å². The summed E-state index contributed by atoms with van der Waals surface area (Å²) in [6.45, 7) is 2.17. The molecule has 0 spiro atoms. The Kier molecular flexibility index (Phi) is 12.8. The lowest BCUT2D eigenvalue weighted by molar-refractivity contribution is 0.149. The van der Waals surface area contributed by atoms with E-state index < -0.39 is 0 Å². The second-order valence-electron chi connectivity index (χ2n) is 13.6. The number of alkyl halides is 1. The van der Waals surface area contributed by atoms with E-state index in [-0.39, 0.29) is 6.67 Å². The maximum atomic E-state index is 12.3. The number of hydrogen-bond acceptors (Lipinski definition) is 0. The van der Waals surface area contributed by atoms with Gasteiger partial charge in [0.1, 0.15) is 0 Å². The fourth-order valence-electron chi connectivity index (χ4n) is 8.39. The Morgan fingerprint density at radius 3 is 1.68 bits per heavy atom. The van der Waals surface area contributed by atoms with Crippen LogP contribution in [0.25, 0.3) is 0 Å². The third-order valence-corrected chi connectivity index (χ3v) is 11.0. The zero-order chi connectivity index (χ0) is 25.7.